The maximum absolute atomic E-state index is 12.3. The highest BCUT2D eigenvalue weighted by molar-refractivity contribution is 5.76. The van der Waals surface area contributed by atoms with Gasteiger partial charge in [0.05, 0.1) is 18.8 Å². The minimum atomic E-state index is -0.833. The highest BCUT2D eigenvalue weighted by Gasteiger charge is 2.17. The third-order valence-corrected chi connectivity index (χ3v) is 8.06. The Morgan fingerprint density at radius 3 is 1.68 bits per heavy atom. The van der Waals surface area contributed by atoms with Crippen molar-refractivity contribution in [2.24, 2.45) is 5.92 Å². The van der Waals surface area contributed by atoms with E-state index in [1.807, 2.05) is 6.08 Å². The number of unbranched alkanes of at least 4 members (excludes halogenated alkanes) is 19. The molecule has 226 valence electrons. The molecule has 0 aromatic heterocycles. The number of carbonyl (C=O) groups excluding carboxylic acids is 1. The molecule has 1 amide bonds. The zero-order chi connectivity index (χ0) is 28.1. The molecule has 0 saturated heterocycles. The van der Waals surface area contributed by atoms with E-state index < -0.39 is 12.1 Å². The van der Waals surface area contributed by atoms with Gasteiger partial charge in [-0.05, 0) is 25.2 Å². The summed E-state index contributed by atoms with van der Waals surface area (Å²) >= 11 is 0. The lowest BCUT2D eigenvalue weighted by Crippen LogP contribution is -2.45. The van der Waals surface area contributed by atoms with E-state index in [4.69, 9.17) is 0 Å². The largest absolute Gasteiger partial charge is 0.394 e. The van der Waals surface area contributed by atoms with Crippen molar-refractivity contribution in [1.29, 1.82) is 0 Å². The molecular formula is C34H67NO3. The minimum absolute atomic E-state index is 0.0660. The molecule has 0 aliphatic rings. The van der Waals surface area contributed by atoms with Crippen molar-refractivity contribution in [3.05, 3.63) is 12.2 Å². The Bertz CT molecular complexity index is 522. The van der Waals surface area contributed by atoms with Gasteiger partial charge in [0.2, 0.25) is 5.91 Å². The smallest absolute Gasteiger partial charge is 0.220 e. The molecule has 0 radical (unpaired) electrons. The summed E-state index contributed by atoms with van der Waals surface area (Å²) in [5.74, 6) is 0.798. The van der Waals surface area contributed by atoms with Crippen LogP contribution in [0.25, 0.3) is 0 Å². The molecule has 0 heterocycles. The number of amides is 1. The fraction of sp³-hybridized carbons (Fsp3) is 0.912. The van der Waals surface area contributed by atoms with Gasteiger partial charge in [-0.25, -0.2) is 0 Å². The SMILES string of the molecule is CCCCCCCCCCCCCCCCC(=O)N[C@@H](CO)[C@H](O)/C=C/CCCCCCCCC(C)CC. The van der Waals surface area contributed by atoms with Gasteiger partial charge in [0, 0.05) is 6.42 Å². The van der Waals surface area contributed by atoms with E-state index in [1.54, 1.807) is 6.08 Å². The van der Waals surface area contributed by atoms with E-state index in [-0.39, 0.29) is 12.5 Å². The van der Waals surface area contributed by atoms with Gasteiger partial charge in [-0.1, -0.05) is 161 Å². The van der Waals surface area contributed by atoms with E-state index in [9.17, 15) is 15.0 Å². The van der Waals surface area contributed by atoms with E-state index in [0.29, 0.717) is 6.42 Å². The predicted molar refractivity (Wildman–Crippen MR) is 165 cm³/mol. The first kappa shape index (κ1) is 37.1. The molecule has 0 aliphatic heterocycles. The topological polar surface area (TPSA) is 69.6 Å². The molecule has 0 aromatic carbocycles. The number of hydrogen-bond donors (Lipinski definition) is 3. The summed E-state index contributed by atoms with van der Waals surface area (Å²) in [5, 5.41) is 22.8. The van der Waals surface area contributed by atoms with E-state index in [1.165, 1.54) is 122 Å². The van der Waals surface area contributed by atoms with Crippen LogP contribution in [0.2, 0.25) is 0 Å². The Labute approximate surface area is 237 Å². The summed E-state index contributed by atoms with van der Waals surface area (Å²) < 4.78 is 0. The fourth-order valence-electron chi connectivity index (χ4n) is 5.03. The van der Waals surface area contributed by atoms with Gasteiger partial charge >= 0.3 is 0 Å². The van der Waals surface area contributed by atoms with Crippen molar-refractivity contribution in [3.8, 4) is 0 Å². The first-order chi connectivity index (χ1) is 18.5. The van der Waals surface area contributed by atoms with Crippen LogP contribution in [0.4, 0.5) is 0 Å². The average molecular weight is 538 g/mol. The van der Waals surface area contributed by atoms with Gasteiger partial charge in [-0.3, -0.25) is 4.79 Å². The van der Waals surface area contributed by atoms with Crippen LogP contribution in [-0.2, 0) is 4.79 Å². The monoisotopic (exact) mass is 538 g/mol. The number of nitrogens with one attached hydrogen (secondary N) is 1. The van der Waals surface area contributed by atoms with Crippen molar-refractivity contribution in [2.75, 3.05) is 6.61 Å². The molecule has 3 N–H and O–H groups in total. The first-order valence-electron chi connectivity index (χ1n) is 16.8. The third kappa shape index (κ3) is 25.4. The third-order valence-electron chi connectivity index (χ3n) is 8.06. The molecule has 0 fully saturated rings. The van der Waals surface area contributed by atoms with Crippen LogP contribution in [0.15, 0.2) is 12.2 Å². The lowest BCUT2D eigenvalue weighted by molar-refractivity contribution is -0.123. The summed E-state index contributed by atoms with van der Waals surface area (Å²) in [6, 6.07) is -0.615. The Morgan fingerprint density at radius 1 is 0.711 bits per heavy atom. The summed E-state index contributed by atoms with van der Waals surface area (Å²) in [5.41, 5.74) is 0. The summed E-state index contributed by atoms with van der Waals surface area (Å²) in [6.45, 7) is 6.64. The first-order valence-corrected chi connectivity index (χ1v) is 16.8. The molecule has 38 heavy (non-hydrogen) atoms. The molecule has 0 saturated carbocycles. The molecule has 3 atom stereocenters. The van der Waals surface area contributed by atoms with Crippen molar-refractivity contribution in [1.82, 2.24) is 5.32 Å². The zero-order valence-electron chi connectivity index (χ0n) is 25.9. The van der Waals surface area contributed by atoms with Crippen LogP contribution in [0, 0.1) is 5.92 Å². The Balaban J connectivity index is 3.65. The minimum Gasteiger partial charge on any atom is -0.394 e. The Hall–Kier alpha value is -0.870. The predicted octanol–water partition coefficient (Wildman–Crippen LogP) is 9.42. The van der Waals surface area contributed by atoms with Crippen molar-refractivity contribution >= 4 is 5.91 Å². The second-order valence-electron chi connectivity index (χ2n) is 11.8. The van der Waals surface area contributed by atoms with E-state index >= 15 is 0 Å². The van der Waals surface area contributed by atoms with Crippen LogP contribution in [0.5, 0.6) is 0 Å². The fourth-order valence-corrected chi connectivity index (χ4v) is 5.03. The highest BCUT2D eigenvalue weighted by Crippen LogP contribution is 2.15. The second kappa shape index (κ2) is 29.1. The lowest BCUT2D eigenvalue weighted by Gasteiger charge is -2.20. The highest BCUT2D eigenvalue weighted by atomic mass is 16.3. The second-order valence-corrected chi connectivity index (χ2v) is 11.8. The van der Waals surface area contributed by atoms with Crippen molar-refractivity contribution in [3.63, 3.8) is 0 Å². The van der Waals surface area contributed by atoms with Gasteiger partial charge in [0.25, 0.3) is 0 Å². The molecule has 0 rings (SSSR count). The normalized spacial score (nSPS) is 14.1. The standard InChI is InChI=1S/C34H67NO3/c1-4-6-7-8-9-10-11-12-13-14-15-20-23-26-29-34(38)35-32(30-36)33(37)28-25-22-19-17-16-18-21-24-27-31(3)5-2/h25,28,31-33,36-37H,4-24,26-27,29-30H2,1-3H3,(H,35,38)/b28-25+/t31?,32-,33+/m0/s1. The Morgan fingerprint density at radius 2 is 1.18 bits per heavy atom. The molecule has 0 aliphatic carbocycles. The van der Waals surface area contributed by atoms with Crippen LogP contribution in [0.1, 0.15) is 175 Å². The van der Waals surface area contributed by atoms with Gasteiger partial charge < -0.3 is 15.5 Å². The average Bonchev–Trinajstić information content (AvgIpc) is 2.92. The van der Waals surface area contributed by atoms with E-state index in [2.05, 4.69) is 26.1 Å². The molecule has 0 aromatic rings. The maximum Gasteiger partial charge on any atom is 0.220 e. The van der Waals surface area contributed by atoms with Crippen molar-refractivity contribution in [2.45, 2.75) is 187 Å². The van der Waals surface area contributed by atoms with Crippen LogP contribution >= 0.6 is 0 Å². The van der Waals surface area contributed by atoms with Gasteiger partial charge in [0.15, 0.2) is 0 Å². The van der Waals surface area contributed by atoms with Crippen LogP contribution in [-0.4, -0.2) is 34.9 Å². The molecule has 0 spiro atoms. The maximum atomic E-state index is 12.3. The lowest BCUT2D eigenvalue weighted by atomic mass is 10.00. The number of rotatable bonds is 29. The summed E-state index contributed by atoms with van der Waals surface area (Å²) in [4.78, 5) is 12.3. The van der Waals surface area contributed by atoms with Crippen molar-refractivity contribution < 1.29 is 15.0 Å². The zero-order valence-corrected chi connectivity index (χ0v) is 25.9. The van der Waals surface area contributed by atoms with Crippen LogP contribution < -0.4 is 5.32 Å². The number of hydrogen-bond acceptors (Lipinski definition) is 3. The number of allylic oxidation sites excluding steroid dienone is 1. The molecule has 4 heteroatoms. The van der Waals surface area contributed by atoms with Gasteiger partial charge in [0.1, 0.15) is 0 Å². The number of aliphatic hydroxyl groups is 2. The number of carbonyl (C=O) groups is 1. The molecule has 4 nitrogen and oxygen atoms in total. The van der Waals surface area contributed by atoms with Gasteiger partial charge in [-0.15, -0.1) is 0 Å². The van der Waals surface area contributed by atoms with Crippen LogP contribution in [0.3, 0.4) is 0 Å². The molecular weight excluding hydrogens is 470 g/mol. The summed E-state index contributed by atoms with van der Waals surface area (Å²) in [6.07, 6.45) is 32.8. The quantitative estimate of drug-likeness (QED) is 0.0657. The molecule has 1 unspecified atom stereocenters. The van der Waals surface area contributed by atoms with E-state index in [0.717, 1.165) is 31.6 Å². The Kier molecular flexibility index (Phi) is 28.5. The molecule has 0 bridgehead atoms. The number of aliphatic hydroxyl groups excluding tert-OH is 2. The van der Waals surface area contributed by atoms with Gasteiger partial charge in [-0.2, -0.15) is 0 Å². The summed E-state index contributed by atoms with van der Waals surface area (Å²) in [7, 11) is 0.